The number of amides is 1. The molecule has 30 heavy (non-hydrogen) atoms. The topological polar surface area (TPSA) is 67.8 Å². The summed E-state index contributed by atoms with van der Waals surface area (Å²) in [4.78, 5) is 26.6. The van der Waals surface area contributed by atoms with Gasteiger partial charge in [-0.1, -0.05) is 18.2 Å². The Labute approximate surface area is 178 Å². The zero-order valence-electron chi connectivity index (χ0n) is 18.1. The molecule has 0 aliphatic carbocycles. The lowest BCUT2D eigenvalue weighted by atomic mass is 10.0. The Hall–Kier alpha value is -2.67. The number of methoxy groups -OCH3 is 2. The molecule has 0 spiro atoms. The SMILES string of the molecule is COCC(=O)N1CCC[C@H]1c1nc(C)c2c(n1)N(Cc1ccccc1OC)CCC2. The summed E-state index contributed by atoms with van der Waals surface area (Å²) in [5.74, 6) is 2.65. The highest BCUT2D eigenvalue weighted by molar-refractivity contribution is 5.78. The van der Waals surface area contributed by atoms with Crippen molar-refractivity contribution in [2.75, 3.05) is 38.8 Å². The van der Waals surface area contributed by atoms with Gasteiger partial charge in [-0.05, 0) is 38.7 Å². The third-order valence-corrected chi connectivity index (χ3v) is 6.06. The van der Waals surface area contributed by atoms with E-state index in [-0.39, 0.29) is 18.6 Å². The van der Waals surface area contributed by atoms with Crippen molar-refractivity contribution in [3.8, 4) is 5.75 Å². The smallest absolute Gasteiger partial charge is 0.249 e. The Kier molecular flexibility index (Phi) is 6.18. The molecule has 1 fully saturated rings. The minimum atomic E-state index is -0.0771. The quantitative estimate of drug-likeness (QED) is 0.729. The molecular weight excluding hydrogens is 380 g/mol. The van der Waals surface area contributed by atoms with Crippen molar-refractivity contribution in [2.24, 2.45) is 0 Å². The Morgan fingerprint density at radius 3 is 2.80 bits per heavy atom. The number of carbonyl (C=O) groups is 1. The Balaban J connectivity index is 1.66. The molecule has 160 valence electrons. The van der Waals surface area contributed by atoms with Gasteiger partial charge in [0.25, 0.3) is 0 Å². The molecule has 2 aliphatic heterocycles. The van der Waals surface area contributed by atoms with Crippen molar-refractivity contribution in [3.05, 3.63) is 46.9 Å². The van der Waals surface area contributed by atoms with Crippen LogP contribution in [0.2, 0.25) is 0 Å². The highest BCUT2D eigenvalue weighted by Gasteiger charge is 2.33. The van der Waals surface area contributed by atoms with E-state index in [1.807, 2.05) is 23.1 Å². The molecule has 1 aromatic heterocycles. The maximum atomic E-state index is 12.5. The summed E-state index contributed by atoms with van der Waals surface area (Å²) in [6.45, 7) is 4.58. The number of anilines is 1. The molecule has 1 atom stereocenters. The fraction of sp³-hybridized carbons (Fsp3) is 0.522. The summed E-state index contributed by atoms with van der Waals surface area (Å²) in [6.07, 6.45) is 3.92. The van der Waals surface area contributed by atoms with Crippen molar-refractivity contribution in [1.29, 1.82) is 0 Å². The summed E-state index contributed by atoms with van der Waals surface area (Å²) in [7, 11) is 3.26. The van der Waals surface area contributed by atoms with E-state index in [1.54, 1.807) is 14.2 Å². The molecule has 0 saturated carbocycles. The first-order chi connectivity index (χ1) is 14.6. The van der Waals surface area contributed by atoms with Crippen LogP contribution in [0.3, 0.4) is 0 Å². The summed E-state index contributed by atoms with van der Waals surface area (Å²) < 4.78 is 10.6. The number of fused-ring (bicyclic) bond motifs is 1. The van der Waals surface area contributed by atoms with E-state index >= 15 is 0 Å². The molecule has 0 bridgehead atoms. The van der Waals surface area contributed by atoms with Gasteiger partial charge >= 0.3 is 0 Å². The van der Waals surface area contributed by atoms with Crippen LogP contribution in [0.5, 0.6) is 5.75 Å². The molecule has 1 aromatic carbocycles. The molecule has 7 heteroatoms. The summed E-state index contributed by atoms with van der Waals surface area (Å²) in [5.41, 5.74) is 3.38. The first-order valence-electron chi connectivity index (χ1n) is 10.6. The van der Waals surface area contributed by atoms with E-state index in [4.69, 9.17) is 19.4 Å². The highest BCUT2D eigenvalue weighted by atomic mass is 16.5. The van der Waals surface area contributed by atoms with E-state index in [0.717, 1.165) is 74.0 Å². The maximum absolute atomic E-state index is 12.5. The van der Waals surface area contributed by atoms with Crippen molar-refractivity contribution < 1.29 is 14.3 Å². The lowest BCUT2D eigenvalue weighted by molar-refractivity contribution is -0.136. The van der Waals surface area contributed by atoms with Gasteiger partial charge in [0.15, 0.2) is 5.82 Å². The fourth-order valence-electron chi connectivity index (χ4n) is 4.59. The van der Waals surface area contributed by atoms with Crippen LogP contribution in [0.25, 0.3) is 0 Å². The van der Waals surface area contributed by atoms with Crippen molar-refractivity contribution in [2.45, 2.75) is 45.2 Å². The van der Waals surface area contributed by atoms with Crippen molar-refractivity contribution in [1.82, 2.24) is 14.9 Å². The number of nitrogens with zero attached hydrogens (tertiary/aromatic N) is 4. The number of likely N-dealkylation sites (tertiary alicyclic amines) is 1. The van der Waals surface area contributed by atoms with Gasteiger partial charge in [0.2, 0.25) is 5.91 Å². The van der Waals surface area contributed by atoms with Crippen LogP contribution in [-0.4, -0.2) is 54.7 Å². The first kappa shape index (κ1) is 20.6. The number of benzene rings is 1. The predicted molar refractivity (Wildman–Crippen MR) is 115 cm³/mol. The molecule has 7 nitrogen and oxygen atoms in total. The molecule has 1 amide bonds. The van der Waals surface area contributed by atoms with Gasteiger partial charge in [0.05, 0.1) is 13.2 Å². The van der Waals surface area contributed by atoms with Crippen LogP contribution >= 0.6 is 0 Å². The second-order valence-corrected chi connectivity index (χ2v) is 7.98. The predicted octanol–water partition coefficient (Wildman–Crippen LogP) is 3.06. The lowest BCUT2D eigenvalue weighted by Crippen LogP contribution is -2.35. The summed E-state index contributed by atoms with van der Waals surface area (Å²) in [5, 5.41) is 0. The van der Waals surface area contributed by atoms with Gasteiger partial charge in [-0.2, -0.15) is 0 Å². The number of hydrogen-bond donors (Lipinski definition) is 0. The summed E-state index contributed by atoms with van der Waals surface area (Å²) in [6, 6.07) is 8.05. The Morgan fingerprint density at radius 2 is 2.00 bits per heavy atom. The van der Waals surface area contributed by atoms with Crippen LogP contribution in [0.1, 0.15) is 47.9 Å². The number of carbonyl (C=O) groups excluding carboxylic acids is 1. The Bertz CT molecular complexity index is 917. The van der Waals surface area contributed by atoms with Gasteiger partial charge in [-0.15, -0.1) is 0 Å². The van der Waals surface area contributed by atoms with E-state index in [9.17, 15) is 4.79 Å². The number of ether oxygens (including phenoxy) is 2. The lowest BCUT2D eigenvalue weighted by Gasteiger charge is -2.32. The number of aryl methyl sites for hydroxylation is 1. The molecule has 0 radical (unpaired) electrons. The third kappa shape index (κ3) is 3.99. The normalized spacial score (nSPS) is 18.4. The largest absolute Gasteiger partial charge is 0.496 e. The highest BCUT2D eigenvalue weighted by Crippen LogP contribution is 2.35. The van der Waals surface area contributed by atoms with Crippen molar-refractivity contribution >= 4 is 11.7 Å². The first-order valence-corrected chi connectivity index (χ1v) is 10.6. The number of para-hydroxylation sites is 1. The molecule has 1 saturated heterocycles. The minimum absolute atomic E-state index is 0.00449. The molecule has 2 aliphatic rings. The van der Waals surface area contributed by atoms with Crippen molar-refractivity contribution in [3.63, 3.8) is 0 Å². The molecular formula is C23H30N4O3. The van der Waals surface area contributed by atoms with E-state index in [1.165, 1.54) is 5.56 Å². The Morgan fingerprint density at radius 1 is 1.17 bits per heavy atom. The number of hydrogen-bond acceptors (Lipinski definition) is 6. The van der Waals surface area contributed by atoms with Gasteiger partial charge < -0.3 is 19.3 Å². The van der Waals surface area contributed by atoms with E-state index in [2.05, 4.69) is 17.9 Å². The standard InChI is InChI=1S/C23H30N4O3/c1-16-18-9-6-12-26(14-17-8-4-5-11-20(17)30-3)23(18)25-22(24-16)19-10-7-13-27(19)21(28)15-29-2/h4-5,8,11,19H,6-7,9-10,12-15H2,1-3H3/t19-/m0/s1. The molecule has 0 N–H and O–H groups in total. The molecule has 0 unspecified atom stereocenters. The van der Waals surface area contributed by atoms with Crippen LogP contribution in [-0.2, 0) is 22.5 Å². The monoisotopic (exact) mass is 410 g/mol. The molecule has 3 heterocycles. The van der Waals surface area contributed by atoms with Gasteiger partial charge in [-0.25, -0.2) is 9.97 Å². The average molecular weight is 411 g/mol. The third-order valence-electron chi connectivity index (χ3n) is 6.06. The molecule has 4 rings (SSSR count). The number of aromatic nitrogens is 2. The second-order valence-electron chi connectivity index (χ2n) is 7.98. The van der Waals surface area contributed by atoms with Crippen LogP contribution in [0.4, 0.5) is 5.82 Å². The van der Waals surface area contributed by atoms with Gasteiger partial charge in [0.1, 0.15) is 18.2 Å². The zero-order chi connectivity index (χ0) is 21.1. The van der Waals surface area contributed by atoms with Crippen LogP contribution in [0.15, 0.2) is 24.3 Å². The second kappa shape index (κ2) is 9.00. The maximum Gasteiger partial charge on any atom is 0.249 e. The van der Waals surface area contributed by atoms with E-state index in [0.29, 0.717) is 0 Å². The zero-order valence-corrected chi connectivity index (χ0v) is 18.1. The van der Waals surface area contributed by atoms with E-state index < -0.39 is 0 Å². The van der Waals surface area contributed by atoms with Crippen LogP contribution in [0, 0.1) is 6.92 Å². The van der Waals surface area contributed by atoms with Crippen LogP contribution < -0.4 is 9.64 Å². The average Bonchev–Trinajstić information content (AvgIpc) is 3.25. The molecule has 2 aromatic rings. The van der Waals surface area contributed by atoms with Gasteiger partial charge in [-0.3, -0.25) is 4.79 Å². The minimum Gasteiger partial charge on any atom is -0.496 e. The number of rotatable bonds is 6. The fourth-order valence-corrected chi connectivity index (χ4v) is 4.59. The van der Waals surface area contributed by atoms with Gasteiger partial charge in [0, 0.05) is 43.6 Å². The summed E-state index contributed by atoms with van der Waals surface area (Å²) >= 11 is 0.